The van der Waals surface area contributed by atoms with Crippen molar-refractivity contribution in [1.29, 1.82) is 0 Å². The summed E-state index contributed by atoms with van der Waals surface area (Å²) in [5.74, 6) is 0. The molecule has 0 saturated heterocycles. The molecule has 2 saturated carbocycles. The first kappa shape index (κ1) is 63.1. The second-order valence-corrected chi connectivity index (χ2v) is 23.9. The molecule has 4 atom stereocenters. The summed E-state index contributed by atoms with van der Waals surface area (Å²) in [4.78, 5) is 0. The molecular formula is C30H96P6S. The van der Waals surface area contributed by atoms with Crippen LogP contribution in [0.5, 0.6) is 0 Å². The van der Waals surface area contributed by atoms with Gasteiger partial charge in [-0.25, -0.2) is 0 Å². The Morgan fingerprint density at radius 3 is 0.514 bits per heavy atom. The highest BCUT2D eigenvalue weighted by Crippen LogP contribution is 2.88. The third-order valence-corrected chi connectivity index (χ3v) is 27.9. The molecule has 0 spiro atoms. The highest BCUT2D eigenvalue weighted by molar-refractivity contribution is 8.95. The summed E-state index contributed by atoms with van der Waals surface area (Å²) in [5, 5.41) is 0. The van der Waals surface area contributed by atoms with Crippen molar-refractivity contribution in [2.45, 2.75) is 204 Å². The molecule has 0 aromatic carbocycles. The van der Waals surface area contributed by atoms with Crippen molar-refractivity contribution in [1.82, 2.24) is 0 Å². The molecule has 0 nitrogen and oxygen atoms in total. The van der Waals surface area contributed by atoms with Crippen molar-refractivity contribution in [3.8, 4) is 0 Å². The maximum Gasteiger partial charge on any atom is 0.0109 e. The standard InChI is InChI=1S/2C4H8.11C2H6.H6P6S.4H2/c2*1-2-4-3-1;11*1-2;1-5(2)6(3)4-7;;;;/h2*1-4H2;11*1-2H3;1-3H2;4*1H/i;;;;;;;;;;;;;;3*1+2T;1+2. The molecule has 2 rings (SSSR count). The lowest BCUT2D eigenvalue weighted by atomic mass is 10.0. The van der Waals surface area contributed by atoms with Crippen LogP contribution in [0.3, 0.4) is 0 Å². The second kappa shape index (κ2) is 176. The van der Waals surface area contributed by atoms with Gasteiger partial charge in [-0.1, -0.05) is 224 Å². The quantitative estimate of drug-likeness (QED) is 0.260. The molecule has 0 N–H and O–H groups in total. The van der Waals surface area contributed by atoms with Crippen LogP contribution in [0, 0.1) is 0 Å². The van der Waals surface area contributed by atoms with Gasteiger partial charge in [-0.15, -0.1) is 17.9 Å². The molecule has 2 fully saturated rings. The summed E-state index contributed by atoms with van der Waals surface area (Å²) in [7, 11) is 9.47. The summed E-state index contributed by atoms with van der Waals surface area (Å²) >= 11 is 4.82. The predicted molar refractivity (Wildman–Crippen MR) is 227 cm³/mol. The van der Waals surface area contributed by atoms with Gasteiger partial charge in [0.2, 0.25) is 0 Å². The normalized spacial score (nSPS) is 10.5. The van der Waals surface area contributed by atoms with Crippen LogP contribution >= 0.6 is 47.8 Å². The van der Waals surface area contributed by atoms with Gasteiger partial charge >= 0.3 is 0 Å². The Morgan fingerprint density at radius 1 is 0.405 bits per heavy atom. The van der Waals surface area contributed by atoms with E-state index in [1.807, 2.05) is 152 Å². The minimum absolute atomic E-state index is 0. The van der Waals surface area contributed by atoms with Gasteiger partial charge < -0.3 is 0 Å². The lowest BCUT2D eigenvalue weighted by molar-refractivity contribution is 0.504. The molecule has 0 aliphatic heterocycles. The van der Waals surface area contributed by atoms with Crippen molar-refractivity contribution in [2.24, 2.45) is 0 Å². The van der Waals surface area contributed by atoms with Crippen molar-refractivity contribution < 1.29 is 10.3 Å². The van der Waals surface area contributed by atoms with Crippen molar-refractivity contribution in [3.63, 3.8) is 0 Å². The van der Waals surface area contributed by atoms with Gasteiger partial charge in [-0.05, 0) is 6.99 Å². The first-order valence-corrected chi connectivity index (χ1v) is 27.2. The molecule has 2 aliphatic carbocycles. The van der Waals surface area contributed by atoms with E-state index >= 15 is 0 Å². The zero-order valence-corrected chi connectivity index (χ0v) is 38.1. The molecule has 37 heavy (non-hydrogen) atoms. The van der Waals surface area contributed by atoms with Crippen LogP contribution in [0.2, 0.25) is 0 Å². The fourth-order valence-electron chi connectivity index (χ4n) is 0.542. The molecule has 4 unspecified atom stereocenters. The van der Waals surface area contributed by atoms with Gasteiger partial charge in [-0.3, -0.25) is 0 Å². The van der Waals surface area contributed by atoms with Gasteiger partial charge in [0.15, 0.2) is 0 Å². The van der Waals surface area contributed by atoms with Crippen molar-refractivity contribution >= 4 is 59.6 Å². The van der Waals surface area contributed by atoms with Crippen LogP contribution in [-0.4, -0.2) is 0 Å². The first-order chi connectivity index (χ1) is 21.2. The smallest absolute Gasteiger partial charge is 0.0109 e. The maximum absolute atomic E-state index is 5.00. The zero-order valence-electron chi connectivity index (χ0n) is 37.1. The maximum atomic E-state index is 5.00. The Bertz CT molecular complexity index is 169. The van der Waals surface area contributed by atoms with E-state index in [0.29, 0.717) is 0 Å². The van der Waals surface area contributed by atoms with E-state index in [1.54, 1.807) is 0 Å². The summed E-state index contributed by atoms with van der Waals surface area (Å²) in [6, 6.07) is 0. The van der Waals surface area contributed by atoms with Gasteiger partial charge in [0.25, 0.3) is 0 Å². The van der Waals surface area contributed by atoms with Crippen molar-refractivity contribution in [3.05, 3.63) is 0 Å². The van der Waals surface area contributed by atoms with Crippen LogP contribution in [0.4, 0.5) is 0 Å². The van der Waals surface area contributed by atoms with E-state index < -0.39 is 0 Å². The van der Waals surface area contributed by atoms with Crippen LogP contribution in [0.1, 0.15) is 214 Å². The molecule has 7 heteroatoms. The summed E-state index contributed by atoms with van der Waals surface area (Å²) in [6.45, 7) is 44.1. The Hall–Kier alpha value is 2.67. The van der Waals surface area contributed by atoms with Crippen LogP contribution in [0.25, 0.3) is 0 Å². The van der Waals surface area contributed by atoms with E-state index in [0.717, 1.165) is 7.04 Å². The molecule has 0 amide bonds. The van der Waals surface area contributed by atoms with Crippen molar-refractivity contribution in [2.75, 3.05) is 0 Å². The SMILES string of the molecule is C1CCC1.C1CCC1.CC.CC.CC.CC.CC.CC.CC.CC.CC.CC.CC.PP(P)P(P)P=S.[3HH].[3H][3H].[3H][3H].[3H][3H]. The van der Waals surface area contributed by atoms with Crippen LogP contribution < -0.4 is 0 Å². The average molecular weight is 689 g/mol. The highest BCUT2D eigenvalue weighted by atomic mass is 33.0. The Morgan fingerprint density at radius 2 is 0.514 bits per heavy atom. The van der Waals surface area contributed by atoms with Gasteiger partial charge in [-0.2, -0.15) is 0 Å². The van der Waals surface area contributed by atoms with Gasteiger partial charge in [0.05, 0.1) is 0 Å². The minimum Gasteiger partial charge on any atom is -0.102 e. The Kier molecular flexibility index (Phi) is 300. The van der Waals surface area contributed by atoms with E-state index in [1.165, 1.54) is 51.4 Å². The van der Waals surface area contributed by atoms with E-state index in [4.69, 9.17) is 20.7 Å². The van der Waals surface area contributed by atoms with Gasteiger partial charge in [0, 0.05) is 24.4 Å². The number of rotatable bonds is 2. The fourth-order valence-corrected chi connectivity index (χ4v) is 10.7. The number of hydrogen-bond donors (Lipinski definition) is 0. The summed E-state index contributed by atoms with van der Waals surface area (Å²) in [6.07, 6.45) is 12.0. The molecule has 0 aromatic rings. The first-order valence-electron chi connectivity index (χ1n) is 19.4. The van der Waals surface area contributed by atoms with Crippen LogP contribution in [0.15, 0.2) is 0 Å². The topological polar surface area (TPSA) is 0 Å². The molecule has 0 bridgehead atoms. The van der Waals surface area contributed by atoms with Gasteiger partial charge in [0.1, 0.15) is 0 Å². The molecule has 252 valence electrons. The third-order valence-electron chi connectivity index (χ3n) is 2.32. The predicted octanol–water partition coefficient (Wildman–Crippen LogP) is 19.0. The molecule has 2 aliphatic rings. The molecule has 0 radical (unpaired) electrons. The highest BCUT2D eigenvalue weighted by Gasteiger charge is 2.00. The summed E-state index contributed by atoms with van der Waals surface area (Å²) in [5.41, 5.74) is 0. The minimum atomic E-state index is 0. The Labute approximate surface area is 273 Å². The third kappa shape index (κ3) is 187. The lowest BCUT2D eigenvalue weighted by Crippen LogP contribution is -1.85. The number of hydrogen-bond acceptors (Lipinski definition) is 1. The lowest BCUT2D eigenvalue weighted by Gasteiger charge is -2.05. The molecular weight excluding hydrogens is 578 g/mol. The van der Waals surface area contributed by atoms with E-state index in [9.17, 15) is 0 Å². The molecule has 0 aromatic heterocycles. The zero-order chi connectivity index (χ0) is 39.5. The molecule has 0 heterocycles. The fraction of sp³-hybridized carbons (Fsp3) is 1.00. The average Bonchev–Trinajstić information content (AvgIpc) is 3.12. The van der Waals surface area contributed by atoms with E-state index in [2.05, 4.69) is 26.8 Å². The Balaban J connectivity index is -0.0000000139. The van der Waals surface area contributed by atoms with E-state index in [-0.39, 0.29) is 15.4 Å². The van der Waals surface area contributed by atoms with Crippen LogP contribution in [-0.2, 0) is 11.8 Å². The summed E-state index contributed by atoms with van der Waals surface area (Å²) < 4.78 is 30.0. The monoisotopic (exact) mass is 689 g/mol. The largest absolute Gasteiger partial charge is 0.102 e. The second-order valence-electron chi connectivity index (χ2n) is 3.61.